The molecule has 0 spiro atoms. The highest BCUT2D eigenvalue weighted by atomic mass is 16.6. The van der Waals surface area contributed by atoms with E-state index in [9.17, 15) is 14.4 Å². The van der Waals surface area contributed by atoms with Crippen molar-refractivity contribution in [2.24, 2.45) is 33.0 Å². The van der Waals surface area contributed by atoms with Crippen molar-refractivity contribution in [3.05, 3.63) is 46.3 Å². The van der Waals surface area contributed by atoms with Gasteiger partial charge in [-0.3, -0.25) is 9.59 Å². The molecule has 6 aliphatic rings. The van der Waals surface area contributed by atoms with Crippen LogP contribution in [0.15, 0.2) is 46.3 Å². The van der Waals surface area contributed by atoms with Crippen molar-refractivity contribution in [1.82, 2.24) is 9.80 Å². The van der Waals surface area contributed by atoms with Crippen molar-refractivity contribution < 1.29 is 23.9 Å². The topological polar surface area (TPSA) is 76.2 Å². The fourth-order valence-electron chi connectivity index (χ4n) is 10.2. The number of terminal acetylenes is 1. The second-order valence-electron chi connectivity index (χ2n) is 16.0. The number of ether oxygens (including phenoxy) is 2. The van der Waals surface area contributed by atoms with Crippen LogP contribution in [0, 0.1) is 45.3 Å². The third-order valence-corrected chi connectivity index (χ3v) is 13.6. The van der Waals surface area contributed by atoms with E-state index in [2.05, 4.69) is 57.6 Å². The van der Waals surface area contributed by atoms with E-state index in [1.165, 1.54) is 5.57 Å². The normalized spacial score (nSPS) is 39.6. The minimum atomic E-state index is -0.546. The highest BCUT2D eigenvalue weighted by Gasteiger charge is 2.67. The van der Waals surface area contributed by atoms with Gasteiger partial charge in [0.1, 0.15) is 0 Å². The third-order valence-electron chi connectivity index (χ3n) is 13.6. The van der Waals surface area contributed by atoms with Gasteiger partial charge in [-0.05, 0) is 105 Å². The van der Waals surface area contributed by atoms with E-state index in [0.717, 1.165) is 74.8 Å². The minimum absolute atomic E-state index is 0.0176. The molecule has 0 N–H and O–H groups in total. The van der Waals surface area contributed by atoms with E-state index in [4.69, 9.17) is 15.9 Å². The highest BCUT2D eigenvalue weighted by molar-refractivity contribution is 6.08. The largest absolute Gasteiger partial charge is 0.452 e. The predicted octanol–water partition coefficient (Wildman–Crippen LogP) is 6.62. The first-order chi connectivity index (χ1) is 21.1. The average Bonchev–Trinajstić information content (AvgIpc) is 3.00. The number of hydrogen-bond donors (Lipinski definition) is 0. The lowest BCUT2D eigenvalue weighted by Crippen LogP contribution is -2.62. The van der Waals surface area contributed by atoms with Crippen molar-refractivity contribution in [2.75, 3.05) is 39.8 Å². The fourth-order valence-corrected chi connectivity index (χ4v) is 10.2. The predicted molar refractivity (Wildman–Crippen MR) is 174 cm³/mol. The zero-order valence-electron chi connectivity index (χ0n) is 28.3. The van der Waals surface area contributed by atoms with Crippen LogP contribution in [-0.4, -0.2) is 67.5 Å². The molecule has 1 amide bonds. The zero-order valence-corrected chi connectivity index (χ0v) is 28.3. The maximum Gasteiger partial charge on any atom is 0.415 e. The first kappa shape index (κ1) is 31.9. The van der Waals surface area contributed by atoms with Crippen LogP contribution in [0.2, 0.25) is 0 Å². The summed E-state index contributed by atoms with van der Waals surface area (Å²) in [6.45, 7) is 16.4. The number of ketones is 1. The molecule has 0 radical (unpaired) electrons. The molecular weight excluding hydrogens is 564 g/mol. The zero-order chi connectivity index (χ0) is 32.6. The maximum atomic E-state index is 13.7. The Bertz CT molecular complexity index is 1500. The van der Waals surface area contributed by atoms with Crippen LogP contribution in [0.25, 0.3) is 0 Å². The van der Waals surface area contributed by atoms with Crippen LogP contribution < -0.4 is 0 Å². The number of carbonyl (C=O) groups excluding carboxylic acids is 3. The maximum absolute atomic E-state index is 13.7. The first-order valence-electron chi connectivity index (χ1n) is 16.8. The van der Waals surface area contributed by atoms with Gasteiger partial charge in [-0.25, -0.2) is 4.79 Å². The van der Waals surface area contributed by atoms with Gasteiger partial charge in [0.2, 0.25) is 5.78 Å². The summed E-state index contributed by atoms with van der Waals surface area (Å²) >= 11 is 0. The standard InChI is InChI=1S/C38H50N2O5/c1-9-22-44-32(42)35(4)13-12-34(3)14-16-37(6)29-11-10-26-25(2)31(45-33(43)40-20-18-39(8)19-21-40)28(41)23-27(26)36(29,5)15-17-38(37,7)30(34)24-35/h1,10-11,23,30H,12-22,24H2,2-8H3/t30-,34-,35-,36+,37-,38+/m1/s1. The number of allylic oxidation sites excluding steroid dienone is 7. The lowest BCUT2D eigenvalue weighted by molar-refractivity contribution is -0.181. The Kier molecular flexibility index (Phi) is 7.59. The third kappa shape index (κ3) is 4.69. The Labute approximate surface area is 269 Å². The van der Waals surface area contributed by atoms with E-state index in [0.29, 0.717) is 19.0 Å². The van der Waals surface area contributed by atoms with Crippen molar-refractivity contribution in [2.45, 2.75) is 86.5 Å². The second kappa shape index (κ2) is 10.7. The molecular formula is C38H50N2O5. The molecule has 1 heterocycles. The van der Waals surface area contributed by atoms with Crippen LogP contribution in [0.5, 0.6) is 0 Å². The molecule has 242 valence electrons. The fraction of sp³-hybridized carbons (Fsp3) is 0.658. The van der Waals surface area contributed by atoms with E-state index < -0.39 is 11.5 Å². The van der Waals surface area contributed by atoms with E-state index in [1.54, 1.807) is 11.0 Å². The number of piperazine rings is 1. The van der Waals surface area contributed by atoms with Crippen molar-refractivity contribution in [1.29, 1.82) is 0 Å². The van der Waals surface area contributed by atoms with Gasteiger partial charge in [-0.2, -0.15) is 0 Å². The molecule has 1 saturated heterocycles. The monoisotopic (exact) mass is 614 g/mol. The summed E-state index contributed by atoms with van der Waals surface area (Å²) in [5, 5.41) is 0. The van der Waals surface area contributed by atoms with Crippen LogP contribution >= 0.6 is 0 Å². The van der Waals surface area contributed by atoms with E-state index in [-0.39, 0.29) is 45.8 Å². The molecule has 0 unspecified atom stereocenters. The second-order valence-corrected chi connectivity index (χ2v) is 16.0. The highest BCUT2D eigenvalue weighted by Crippen LogP contribution is 2.75. The smallest absolute Gasteiger partial charge is 0.415 e. The molecule has 1 aliphatic heterocycles. The number of hydrogen-bond acceptors (Lipinski definition) is 6. The number of carbonyl (C=O) groups is 3. The van der Waals surface area contributed by atoms with Crippen molar-refractivity contribution >= 4 is 17.8 Å². The molecule has 5 aliphatic carbocycles. The molecule has 7 nitrogen and oxygen atoms in total. The molecule has 45 heavy (non-hydrogen) atoms. The Balaban J connectivity index is 1.33. The van der Waals surface area contributed by atoms with Gasteiger partial charge in [0, 0.05) is 37.2 Å². The molecule has 0 aromatic carbocycles. The van der Waals surface area contributed by atoms with Crippen LogP contribution in [-0.2, 0) is 19.1 Å². The summed E-state index contributed by atoms with van der Waals surface area (Å²) in [6.07, 6.45) is 17.9. The van der Waals surface area contributed by atoms with Gasteiger partial charge in [-0.15, -0.1) is 6.42 Å². The molecule has 0 aromatic heterocycles. The van der Waals surface area contributed by atoms with Gasteiger partial charge in [0.25, 0.3) is 0 Å². The summed E-state index contributed by atoms with van der Waals surface area (Å²) in [5.41, 5.74) is 3.34. The van der Waals surface area contributed by atoms with Crippen LogP contribution in [0.3, 0.4) is 0 Å². The number of nitrogens with zero attached hydrogens (tertiary/aromatic N) is 2. The Morgan fingerprint density at radius 1 is 0.978 bits per heavy atom. The van der Waals surface area contributed by atoms with E-state index in [1.807, 2.05) is 14.0 Å². The minimum Gasteiger partial charge on any atom is -0.452 e. The summed E-state index contributed by atoms with van der Waals surface area (Å²) in [4.78, 5) is 43.9. The SMILES string of the molecule is C#CCOC(=O)[C@]1(C)CC[C@]2(C)CC[C@]3(C)C4=CC=C5C(=CC(=O)C(OC(=O)N6CCN(C)CC6)=C5C)[C@]4(C)CC[C@@]3(C)[C@@H]2C1. The van der Waals surface area contributed by atoms with Crippen molar-refractivity contribution in [3.63, 3.8) is 0 Å². The van der Waals surface area contributed by atoms with Gasteiger partial charge in [-0.1, -0.05) is 51.3 Å². The van der Waals surface area contributed by atoms with Crippen LogP contribution in [0.4, 0.5) is 4.79 Å². The number of esters is 1. The van der Waals surface area contributed by atoms with Gasteiger partial charge >= 0.3 is 12.1 Å². The summed E-state index contributed by atoms with van der Waals surface area (Å²) < 4.78 is 11.3. The molecule has 6 atom stereocenters. The lowest BCUT2D eigenvalue weighted by atomic mass is 9.34. The summed E-state index contributed by atoms with van der Waals surface area (Å²) in [6, 6.07) is 0. The molecule has 3 saturated carbocycles. The van der Waals surface area contributed by atoms with Gasteiger partial charge < -0.3 is 19.3 Å². The first-order valence-corrected chi connectivity index (χ1v) is 16.8. The Morgan fingerprint density at radius 2 is 1.67 bits per heavy atom. The molecule has 4 fully saturated rings. The van der Waals surface area contributed by atoms with Crippen molar-refractivity contribution in [3.8, 4) is 12.3 Å². The molecule has 7 heteroatoms. The number of amides is 1. The molecule has 0 aromatic rings. The van der Waals surface area contributed by atoms with Gasteiger partial charge in [0.15, 0.2) is 12.4 Å². The van der Waals surface area contributed by atoms with Crippen LogP contribution in [0.1, 0.15) is 86.5 Å². The summed E-state index contributed by atoms with van der Waals surface area (Å²) in [5.74, 6) is 2.55. The number of likely N-dealkylation sites (N-methyl/N-ethyl adjacent to an activating group) is 1. The average molecular weight is 615 g/mol. The number of rotatable bonds is 3. The lowest BCUT2D eigenvalue weighted by Gasteiger charge is -2.70. The molecule has 6 rings (SSSR count). The number of fused-ring (bicyclic) bond motifs is 7. The Morgan fingerprint density at radius 3 is 2.36 bits per heavy atom. The quantitative estimate of drug-likeness (QED) is 0.263. The molecule has 0 bridgehead atoms. The van der Waals surface area contributed by atoms with E-state index >= 15 is 0 Å². The summed E-state index contributed by atoms with van der Waals surface area (Å²) in [7, 11) is 2.04. The Hall–Kier alpha value is -3.11. The van der Waals surface area contributed by atoms with Gasteiger partial charge in [0.05, 0.1) is 5.41 Å².